The van der Waals surface area contributed by atoms with Crippen molar-refractivity contribution >= 4 is 28.2 Å². The third-order valence-electron chi connectivity index (χ3n) is 3.02. The molecular weight excluding hydrogens is 276 g/mol. The Morgan fingerprint density at radius 1 is 1.50 bits per heavy atom. The van der Waals surface area contributed by atoms with E-state index in [1.807, 2.05) is 0 Å². The second kappa shape index (κ2) is 6.67. The number of aliphatic hydroxyl groups is 1. The normalized spacial score (nSPS) is 13.8. The largest absolute Gasteiger partial charge is 0.395 e. The third-order valence-corrected chi connectivity index (χ3v) is 4.01. The molecule has 1 fully saturated rings. The molecule has 1 aliphatic carbocycles. The molecule has 1 saturated carbocycles. The van der Waals surface area contributed by atoms with Crippen LogP contribution in [0.15, 0.2) is 24.8 Å². The van der Waals surface area contributed by atoms with E-state index in [9.17, 15) is 9.59 Å². The Labute approximate surface area is 121 Å². The molecule has 1 aromatic rings. The topological polar surface area (TPSA) is 69.6 Å². The first-order chi connectivity index (χ1) is 9.65. The average Bonchev–Trinajstić information content (AvgIpc) is 3.19. The quantitative estimate of drug-likeness (QED) is 0.752. The predicted octanol–water partition coefficient (Wildman–Crippen LogP) is 1.72. The summed E-state index contributed by atoms with van der Waals surface area (Å²) < 4.78 is 0. The van der Waals surface area contributed by atoms with E-state index >= 15 is 0 Å². The van der Waals surface area contributed by atoms with E-state index in [4.69, 9.17) is 5.11 Å². The Bertz CT molecular complexity index is 508. The van der Waals surface area contributed by atoms with Crippen LogP contribution in [-0.4, -0.2) is 41.5 Å². The number of nitrogens with one attached hydrogen (secondary N) is 1. The van der Waals surface area contributed by atoms with Gasteiger partial charge in [0, 0.05) is 19.0 Å². The Hall–Kier alpha value is -1.66. The van der Waals surface area contributed by atoms with Crippen LogP contribution in [0.1, 0.15) is 22.5 Å². The maximum atomic E-state index is 12.2. The van der Waals surface area contributed by atoms with Crippen molar-refractivity contribution in [2.75, 3.05) is 25.0 Å². The highest BCUT2D eigenvalue weighted by Crippen LogP contribution is 2.31. The lowest BCUT2D eigenvalue weighted by Gasteiger charge is -2.18. The number of thiophene rings is 1. The zero-order valence-corrected chi connectivity index (χ0v) is 12.0. The summed E-state index contributed by atoms with van der Waals surface area (Å²) in [5, 5.41) is 12.5. The van der Waals surface area contributed by atoms with E-state index in [-0.39, 0.29) is 30.9 Å². The van der Waals surface area contributed by atoms with Crippen molar-refractivity contribution < 1.29 is 14.7 Å². The van der Waals surface area contributed by atoms with Crippen molar-refractivity contribution in [1.29, 1.82) is 0 Å². The summed E-state index contributed by atoms with van der Waals surface area (Å²) in [6.07, 6.45) is 3.52. The van der Waals surface area contributed by atoms with Crippen LogP contribution in [0.2, 0.25) is 0 Å². The van der Waals surface area contributed by atoms with Gasteiger partial charge in [0.2, 0.25) is 5.91 Å². The Kier molecular flexibility index (Phi) is 4.92. The zero-order valence-electron chi connectivity index (χ0n) is 11.2. The minimum absolute atomic E-state index is 0.0316. The van der Waals surface area contributed by atoms with Crippen molar-refractivity contribution in [2.24, 2.45) is 5.92 Å². The first-order valence-corrected chi connectivity index (χ1v) is 7.39. The van der Waals surface area contributed by atoms with Gasteiger partial charge in [0.05, 0.1) is 16.5 Å². The second-order valence-electron chi connectivity index (χ2n) is 4.69. The summed E-state index contributed by atoms with van der Waals surface area (Å²) in [5.41, 5.74) is 0. The van der Waals surface area contributed by atoms with E-state index in [0.717, 1.165) is 12.8 Å². The van der Waals surface area contributed by atoms with Crippen molar-refractivity contribution in [1.82, 2.24) is 4.90 Å². The molecule has 0 aromatic carbocycles. The number of hydrogen-bond donors (Lipinski definition) is 2. The molecule has 1 aromatic heterocycles. The van der Waals surface area contributed by atoms with Gasteiger partial charge in [0.1, 0.15) is 0 Å². The molecule has 108 valence electrons. The summed E-state index contributed by atoms with van der Waals surface area (Å²) in [4.78, 5) is 25.9. The lowest BCUT2D eigenvalue weighted by Crippen LogP contribution is -2.33. The number of rotatable bonds is 7. The molecule has 0 spiro atoms. The molecule has 6 heteroatoms. The highest BCUT2D eigenvalue weighted by atomic mass is 32.1. The smallest absolute Gasteiger partial charge is 0.264 e. The number of aliphatic hydroxyl groups excluding tert-OH is 1. The first-order valence-electron chi connectivity index (χ1n) is 6.57. The average molecular weight is 294 g/mol. The van der Waals surface area contributed by atoms with Crippen LogP contribution < -0.4 is 5.32 Å². The summed E-state index contributed by atoms with van der Waals surface area (Å²) in [6.45, 7) is 4.17. The van der Waals surface area contributed by atoms with E-state index in [0.29, 0.717) is 16.4 Å². The van der Waals surface area contributed by atoms with Gasteiger partial charge in [0.15, 0.2) is 0 Å². The SMILES string of the molecule is C=CCN(CCO)C(=O)c1ccc(NC(=O)C2CC2)s1. The summed E-state index contributed by atoms with van der Waals surface area (Å²) in [5.74, 6) is 0.0166. The molecule has 0 unspecified atom stereocenters. The van der Waals surface area contributed by atoms with E-state index in [1.54, 1.807) is 18.2 Å². The Morgan fingerprint density at radius 2 is 2.25 bits per heavy atom. The van der Waals surface area contributed by atoms with E-state index < -0.39 is 0 Å². The van der Waals surface area contributed by atoms with Gasteiger partial charge in [-0.15, -0.1) is 17.9 Å². The van der Waals surface area contributed by atoms with Crippen molar-refractivity contribution in [3.05, 3.63) is 29.7 Å². The molecule has 2 N–H and O–H groups in total. The number of amides is 2. The van der Waals surface area contributed by atoms with E-state index in [1.165, 1.54) is 16.2 Å². The standard InChI is InChI=1S/C14H18N2O3S/c1-2-7-16(8-9-17)14(19)11-5-6-12(20-11)15-13(18)10-3-4-10/h2,5-6,10,17H,1,3-4,7-9H2,(H,15,18). The van der Waals surface area contributed by atoms with E-state index in [2.05, 4.69) is 11.9 Å². The number of carbonyl (C=O) groups is 2. The van der Waals surface area contributed by atoms with Gasteiger partial charge in [-0.05, 0) is 25.0 Å². The van der Waals surface area contributed by atoms with Gasteiger partial charge in [-0.1, -0.05) is 6.08 Å². The first kappa shape index (κ1) is 14.7. The van der Waals surface area contributed by atoms with Gasteiger partial charge in [-0.25, -0.2) is 0 Å². The lowest BCUT2D eigenvalue weighted by molar-refractivity contribution is -0.117. The van der Waals surface area contributed by atoms with Crippen molar-refractivity contribution in [2.45, 2.75) is 12.8 Å². The van der Waals surface area contributed by atoms with Gasteiger partial charge in [0.25, 0.3) is 5.91 Å². The minimum Gasteiger partial charge on any atom is -0.395 e. The maximum absolute atomic E-state index is 12.2. The lowest BCUT2D eigenvalue weighted by atomic mass is 10.3. The highest BCUT2D eigenvalue weighted by Gasteiger charge is 2.30. The molecule has 0 bridgehead atoms. The van der Waals surface area contributed by atoms with Gasteiger partial charge in [-0.2, -0.15) is 0 Å². The number of anilines is 1. The fourth-order valence-corrected chi connectivity index (χ4v) is 2.67. The van der Waals surface area contributed by atoms with Crippen molar-refractivity contribution in [3.63, 3.8) is 0 Å². The zero-order chi connectivity index (χ0) is 14.5. The monoisotopic (exact) mass is 294 g/mol. The predicted molar refractivity (Wildman–Crippen MR) is 78.9 cm³/mol. The molecule has 0 saturated heterocycles. The number of nitrogens with zero attached hydrogens (tertiary/aromatic N) is 1. The Morgan fingerprint density at radius 3 is 2.85 bits per heavy atom. The van der Waals surface area contributed by atoms with Crippen LogP contribution in [0.25, 0.3) is 0 Å². The van der Waals surface area contributed by atoms with Crippen LogP contribution in [0.3, 0.4) is 0 Å². The van der Waals surface area contributed by atoms with Gasteiger partial charge < -0.3 is 15.3 Å². The molecule has 20 heavy (non-hydrogen) atoms. The van der Waals surface area contributed by atoms with Crippen LogP contribution in [-0.2, 0) is 4.79 Å². The number of hydrogen-bond acceptors (Lipinski definition) is 4. The fourth-order valence-electron chi connectivity index (χ4n) is 1.80. The summed E-state index contributed by atoms with van der Waals surface area (Å²) in [7, 11) is 0. The molecular formula is C14H18N2O3S. The molecule has 1 heterocycles. The minimum atomic E-state index is -0.157. The Balaban J connectivity index is 2.00. The van der Waals surface area contributed by atoms with Gasteiger partial charge in [-0.3, -0.25) is 9.59 Å². The molecule has 1 aliphatic rings. The van der Waals surface area contributed by atoms with Crippen LogP contribution >= 0.6 is 11.3 Å². The maximum Gasteiger partial charge on any atom is 0.264 e. The molecule has 0 radical (unpaired) electrons. The number of carbonyl (C=O) groups excluding carboxylic acids is 2. The fraction of sp³-hybridized carbons (Fsp3) is 0.429. The molecule has 2 amide bonds. The van der Waals surface area contributed by atoms with Gasteiger partial charge >= 0.3 is 0 Å². The summed E-state index contributed by atoms with van der Waals surface area (Å²) in [6, 6.07) is 3.44. The van der Waals surface area contributed by atoms with Crippen LogP contribution in [0.5, 0.6) is 0 Å². The van der Waals surface area contributed by atoms with Crippen molar-refractivity contribution in [3.8, 4) is 0 Å². The van der Waals surface area contributed by atoms with Crippen LogP contribution in [0, 0.1) is 5.92 Å². The molecule has 0 atom stereocenters. The second-order valence-corrected chi connectivity index (χ2v) is 5.77. The summed E-state index contributed by atoms with van der Waals surface area (Å²) >= 11 is 1.26. The molecule has 2 rings (SSSR count). The van der Waals surface area contributed by atoms with Crippen LogP contribution in [0.4, 0.5) is 5.00 Å². The third kappa shape index (κ3) is 3.68. The molecule has 5 nitrogen and oxygen atoms in total. The highest BCUT2D eigenvalue weighted by molar-refractivity contribution is 7.18. The molecule has 0 aliphatic heterocycles.